The van der Waals surface area contributed by atoms with Crippen molar-refractivity contribution in [2.24, 2.45) is 0 Å². The van der Waals surface area contributed by atoms with E-state index in [2.05, 4.69) is 32.9 Å². The summed E-state index contributed by atoms with van der Waals surface area (Å²) >= 11 is 2.23. The van der Waals surface area contributed by atoms with Crippen molar-refractivity contribution in [3.05, 3.63) is 68.5 Å². The highest BCUT2D eigenvalue weighted by molar-refractivity contribution is 14.1. The Kier molecular flexibility index (Phi) is 3.60. The maximum Gasteiger partial charge on any atom is 0.294 e. The Bertz CT molecular complexity index is 783. The molecule has 0 atom stereocenters. The Labute approximate surface area is 133 Å². The van der Waals surface area contributed by atoms with E-state index < -0.39 is 4.92 Å². The molecule has 0 radical (unpaired) electrons. The van der Waals surface area contributed by atoms with Gasteiger partial charge < -0.3 is 0 Å². The summed E-state index contributed by atoms with van der Waals surface area (Å²) < 4.78 is 2.84. The van der Waals surface area contributed by atoms with E-state index in [1.165, 1.54) is 12.1 Å². The molecular weight excluding hydrogens is 385 g/mol. The van der Waals surface area contributed by atoms with Gasteiger partial charge in [0.2, 0.25) is 0 Å². The zero-order valence-electron chi connectivity index (χ0n) is 10.6. The minimum Gasteiger partial charge on any atom is -0.258 e. The molecule has 3 aromatic rings. The first-order valence-corrected chi connectivity index (χ1v) is 7.06. The van der Waals surface area contributed by atoms with Crippen molar-refractivity contribution in [2.75, 3.05) is 0 Å². The van der Waals surface area contributed by atoms with E-state index in [-0.39, 0.29) is 5.69 Å². The first kappa shape index (κ1) is 13.6. The van der Waals surface area contributed by atoms with Gasteiger partial charge >= 0.3 is 0 Å². The lowest BCUT2D eigenvalue weighted by atomic mass is 10.3. The van der Waals surface area contributed by atoms with E-state index in [0.717, 1.165) is 14.9 Å². The number of nitro groups is 1. The minimum absolute atomic E-state index is 0.0487. The van der Waals surface area contributed by atoms with Gasteiger partial charge in [0.1, 0.15) is 16.5 Å². The number of nitro benzene ring substituents is 1. The summed E-state index contributed by atoms with van der Waals surface area (Å²) in [5.41, 5.74) is 1.64. The van der Waals surface area contributed by atoms with Gasteiger partial charge in [0, 0.05) is 15.7 Å². The monoisotopic (exact) mass is 394 g/mol. The van der Waals surface area contributed by atoms with Crippen LogP contribution in [0.4, 0.5) is 5.69 Å². The molecule has 7 nitrogen and oxygen atoms in total. The summed E-state index contributed by atoms with van der Waals surface area (Å²) in [4.78, 5) is 11.9. The predicted octanol–water partition coefficient (Wildman–Crippen LogP) is 2.06. The Morgan fingerprint density at radius 2 is 1.76 bits per heavy atom. The molecule has 1 aromatic heterocycles. The molecule has 2 aromatic carbocycles. The number of halogens is 1. The standard InChI is InChI=1S/C13H9IN5O2/c14-10-1-3-12(4-2-10)18-16-15-9-17(18)11-5-7-13(8-6-11)19(20)21/h1-9H/q+1. The normalized spacial score (nSPS) is 10.5. The van der Waals surface area contributed by atoms with Crippen LogP contribution < -0.4 is 4.68 Å². The third kappa shape index (κ3) is 2.75. The minimum atomic E-state index is -0.427. The van der Waals surface area contributed by atoms with E-state index in [0.29, 0.717) is 0 Å². The molecule has 0 unspecified atom stereocenters. The van der Waals surface area contributed by atoms with E-state index in [1.807, 2.05) is 24.3 Å². The maximum atomic E-state index is 10.7. The first-order chi connectivity index (χ1) is 10.1. The van der Waals surface area contributed by atoms with Crippen LogP contribution in [-0.4, -0.2) is 20.0 Å². The molecule has 8 heteroatoms. The van der Waals surface area contributed by atoms with Crippen LogP contribution in [0.15, 0.2) is 54.9 Å². The molecule has 0 saturated heterocycles. The van der Waals surface area contributed by atoms with Crippen LogP contribution in [0.5, 0.6) is 0 Å². The molecule has 0 aliphatic rings. The van der Waals surface area contributed by atoms with Crippen LogP contribution in [0.25, 0.3) is 11.4 Å². The Hall–Kier alpha value is -2.36. The van der Waals surface area contributed by atoms with Gasteiger partial charge in [0.15, 0.2) is 5.21 Å². The SMILES string of the molecule is O=[N+]([O-])c1ccc(-[n+]2cnnn2-c2ccc(I)cc2)cc1. The van der Waals surface area contributed by atoms with Crippen LogP contribution in [0.3, 0.4) is 0 Å². The molecule has 0 bridgehead atoms. The largest absolute Gasteiger partial charge is 0.294 e. The molecule has 21 heavy (non-hydrogen) atoms. The molecule has 3 rings (SSSR count). The van der Waals surface area contributed by atoms with E-state index >= 15 is 0 Å². The van der Waals surface area contributed by atoms with Crippen LogP contribution in [0.2, 0.25) is 0 Å². The Balaban J connectivity index is 2.02. The van der Waals surface area contributed by atoms with Gasteiger partial charge in [0.05, 0.1) is 4.92 Å². The van der Waals surface area contributed by atoms with Gasteiger partial charge in [-0.15, -0.1) is 4.68 Å². The number of hydrogen-bond donors (Lipinski definition) is 0. The molecule has 0 N–H and O–H groups in total. The average molecular weight is 394 g/mol. The zero-order valence-corrected chi connectivity index (χ0v) is 12.8. The summed E-state index contributed by atoms with van der Waals surface area (Å²) in [6, 6.07) is 14.0. The lowest BCUT2D eigenvalue weighted by molar-refractivity contribution is -0.680. The highest BCUT2D eigenvalue weighted by atomic mass is 127. The molecule has 1 heterocycles. The van der Waals surface area contributed by atoms with Crippen molar-refractivity contribution in [1.29, 1.82) is 0 Å². The van der Waals surface area contributed by atoms with E-state index in [9.17, 15) is 10.1 Å². The summed E-state index contributed by atoms with van der Waals surface area (Å²) in [6.45, 7) is 0. The van der Waals surface area contributed by atoms with Gasteiger partial charge in [-0.3, -0.25) is 10.1 Å². The molecule has 0 amide bonds. The van der Waals surface area contributed by atoms with Crippen LogP contribution >= 0.6 is 22.6 Å². The van der Waals surface area contributed by atoms with Crippen LogP contribution in [0, 0.1) is 13.7 Å². The third-order valence-corrected chi connectivity index (χ3v) is 3.60. The average Bonchev–Trinajstić information content (AvgIpc) is 2.97. The van der Waals surface area contributed by atoms with Gasteiger partial charge in [-0.1, -0.05) is 0 Å². The fourth-order valence-corrected chi connectivity index (χ4v) is 2.23. The Morgan fingerprint density at radius 1 is 1.10 bits per heavy atom. The maximum absolute atomic E-state index is 10.7. The highest BCUT2D eigenvalue weighted by Gasteiger charge is 2.15. The second-order valence-electron chi connectivity index (χ2n) is 4.20. The number of nitrogens with zero attached hydrogens (tertiary/aromatic N) is 5. The molecule has 0 fully saturated rings. The van der Waals surface area contributed by atoms with Crippen molar-refractivity contribution >= 4 is 28.3 Å². The molecule has 0 saturated carbocycles. The van der Waals surface area contributed by atoms with Crippen molar-refractivity contribution in [1.82, 2.24) is 15.1 Å². The second kappa shape index (κ2) is 5.56. The van der Waals surface area contributed by atoms with Crippen LogP contribution in [0.1, 0.15) is 0 Å². The summed E-state index contributed by atoms with van der Waals surface area (Å²) in [7, 11) is 0. The number of aromatic nitrogens is 4. The van der Waals surface area contributed by atoms with Crippen molar-refractivity contribution in [3.8, 4) is 11.4 Å². The molecule has 104 valence electrons. The molecule has 0 aliphatic carbocycles. The van der Waals surface area contributed by atoms with Crippen molar-refractivity contribution in [2.45, 2.75) is 0 Å². The lowest BCUT2D eigenvalue weighted by Crippen LogP contribution is -2.39. The van der Waals surface area contributed by atoms with E-state index in [4.69, 9.17) is 0 Å². The number of non-ortho nitro benzene ring substituents is 1. The Morgan fingerprint density at radius 3 is 2.38 bits per heavy atom. The van der Waals surface area contributed by atoms with Crippen molar-refractivity contribution < 1.29 is 9.61 Å². The van der Waals surface area contributed by atoms with Gasteiger partial charge in [-0.2, -0.15) is 0 Å². The van der Waals surface area contributed by atoms with Gasteiger partial charge in [-0.25, -0.2) is 0 Å². The van der Waals surface area contributed by atoms with Gasteiger partial charge in [0.25, 0.3) is 12.0 Å². The van der Waals surface area contributed by atoms with Gasteiger partial charge in [-0.05, 0) is 63.8 Å². The quantitative estimate of drug-likeness (QED) is 0.295. The fraction of sp³-hybridized carbons (Fsp3) is 0. The number of tetrazole rings is 1. The molecule has 0 aliphatic heterocycles. The summed E-state index contributed by atoms with van der Waals surface area (Å²) in [5.74, 6) is 0. The summed E-state index contributed by atoms with van der Waals surface area (Å²) in [5, 5.41) is 18.6. The zero-order chi connectivity index (χ0) is 14.8. The predicted molar refractivity (Wildman–Crippen MR) is 82.3 cm³/mol. The lowest BCUT2D eigenvalue weighted by Gasteiger charge is -2.02. The topological polar surface area (TPSA) is 77.7 Å². The summed E-state index contributed by atoms with van der Waals surface area (Å²) in [6.07, 6.45) is 1.55. The number of hydrogen-bond acceptors (Lipinski definition) is 4. The molecular formula is C13H9IN5O2+. The molecule has 0 spiro atoms. The second-order valence-corrected chi connectivity index (χ2v) is 5.45. The highest BCUT2D eigenvalue weighted by Crippen LogP contribution is 2.13. The smallest absolute Gasteiger partial charge is 0.258 e. The first-order valence-electron chi connectivity index (χ1n) is 5.98. The number of benzene rings is 2. The van der Waals surface area contributed by atoms with E-state index in [1.54, 1.807) is 27.9 Å². The van der Waals surface area contributed by atoms with Crippen LogP contribution in [-0.2, 0) is 0 Å². The number of rotatable bonds is 3. The third-order valence-electron chi connectivity index (χ3n) is 2.88. The van der Waals surface area contributed by atoms with Crippen molar-refractivity contribution in [3.63, 3.8) is 0 Å². The fourth-order valence-electron chi connectivity index (χ4n) is 1.87.